The highest BCUT2D eigenvalue weighted by Crippen LogP contribution is 2.19. The van der Waals surface area contributed by atoms with E-state index in [0.29, 0.717) is 22.4 Å². The molecule has 7 heteroatoms. The van der Waals surface area contributed by atoms with Crippen molar-refractivity contribution in [3.05, 3.63) is 97.6 Å². The summed E-state index contributed by atoms with van der Waals surface area (Å²) in [5.41, 5.74) is 1.81. The summed E-state index contributed by atoms with van der Waals surface area (Å²) < 4.78 is 2.38. The number of carbonyl (C=O) groups is 1. The van der Waals surface area contributed by atoms with Crippen molar-refractivity contribution in [1.82, 2.24) is 9.55 Å². The Morgan fingerprint density at radius 3 is 2.33 bits per heavy atom. The van der Waals surface area contributed by atoms with Crippen molar-refractivity contribution in [3.8, 4) is 11.4 Å². The van der Waals surface area contributed by atoms with Gasteiger partial charge in [0.05, 0.1) is 22.2 Å². The fourth-order valence-electron chi connectivity index (χ4n) is 3.05. The number of phenols is 1. The van der Waals surface area contributed by atoms with E-state index in [1.54, 1.807) is 60.7 Å². The van der Waals surface area contributed by atoms with Gasteiger partial charge in [0.25, 0.3) is 5.56 Å². The molecule has 0 saturated carbocycles. The molecule has 4 rings (SSSR count). The number of rotatable bonds is 4. The van der Waals surface area contributed by atoms with Crippen LogP contribution in [0.4, 0.5) is 0 Å². The van der Waals surface area contributed by atoms with Crippen LogP contribution in [-0.2, 0) is 0 Å². The molecule has 0 bridgehead atoms. The van der Waals surface area contributed by atoms with E-state index in [2.05, 4.69) is 27.6 Å². The minimum Gasteiger partial charge on any atom is -0.508 e. The first-order valence-electron chi connectivity index (χ1n) is 8.95. The van der Waals surface area contributed by atoms with Gasteiger partial charge in [-0.15, -0.1) is 0 Å². The molecule has 1 aromatic heterocycles. The van der Waals surface area contributed by atoms with Crippen molar-refractivity contribution in [2.45, 2.75) is 0 Å². The Morgan fingerprint density at radius 2 is 1.67 bits per heavy atom. The van der Waals surface area contributed by atoms with Gasteiger partial charge in [-0.3, -0.25) is 9.36 Å². The van der Waals surface area contributed by atoms with Crippen molar-refractivity contribution in [3.63, 3.8) is 0 Å². The molecule has 4 aromatic rings. The van der Waals surface area contributed by atoms with E-state index in [9.17, 15) is 14.7 Å². The summed E-state index contributed by atoms with van der Waals surface area (Å²) in [4.78, 5) is 29.1. The Labute approximate surface area is 184 Å². The molecule has 0 atom stereocenters. The molecule has 0 aliphatic heterocycles. The lowest BCUT2D eigenvalue weighted by Gasteiger charge is -2.12. The number of aromatic hydroxyl groups is 1. The number of hydrogen-bond donors (Lipinski definition) is 2. The van der Waals surface area contributed by atoms with Gasteiger partial charge in [-0.2, -0.15) is 0 Å². The SMILES string of the molecule is O=C(O)c1ccc(-n2c(C=Cc3ccc(O)cc3)nc3ccc(I)cc3c2=O)cc1. The summed E-state index contributed by atoms with van der Waals surface area (Å²) in [6, 6.07) is 18.2. The van der Waals surface area contributed by atoms with Crippen LogP contribution in [0.1, 0.15) is 21.7 Å². The van der Waals surface area contributed by atoms with Gasteiger partial charge in [0.2, 0.25) is 0 Å². The van der Waals surface area contributed by atoms with Crippen LogP contribution in [0.2, 0.25) is 0 Å². The molecule has 6 nitrogen and oxygen atoms in total. The Hall–Kier alpha value is -3.46. The number of aromatic nitrogens is 2. The van der Waals surface area contributed by atoms with Crippen LogP contribution in [0.5, 0.6) is 5.75 Å². The molecule has 0 amide bonds. The second-order valence-electron chi connectivity index (χ2n) is 6.55. The van der Waals surface area contributed by atoms with Crippen molar-refractivity contribution < 1.29 is 15.0 Å². The van der Waals surface area contributed by atoms with Crippen LogP contribution in [0.15, 0.2) is 71.5 Å². The second kappa shape index (κ2) is 8.11. The molecular formula is C23H15IN2O4. The van der Waals surface area contributed by atoms with E-state index in [-0.39, 0.29) is 16.9 Å². The molecule has 2 N–H and O–H groups in total. The van der Waals surface area contributed by atoms with Crippen molar-refractivity contribution in [2.75, 3.05) is 0 Å². The molecule has 0 spiro atoms. The highest BCUT2D eigenvalue weighted by atomic mass is 127. The molecule has 0 fully saturated rings. The van der Waals surface area contributed by atoms with Gasteiger partial charge in [0.1, 0.15) is 11.6 Å². The molecule has 0 saturated heterocycles. The standard InChI is InChI=1S/C23H15IN2O4/c24-16-6-11-20-19(13-16)22(28)26(17-7-4-15(5-8-17)23(29)30)21(25-20)12-3-14-1-9-18(27)10-2-14/h1-13,27H,(H,29,30). The van der Waals surface area contributed by atoms with Crippen LogP contribution in [0.25, 0.3) is 28.7 Å². The number of benzene rings is 3. The summed E-state index contributed by atoms with van der Waals surface area (Å²) in [5.74, 6) is -0.460. The number of hydrogen-bond acceptors (Lipinski definition) is 4. The summed E-state index contributed by atoms with van der Waals surface area (Å²) in [5, 5.41) is 19.1. The fourth-order valence-corrected chi connectivity index (χ4v) is 3.54. The third kappa shape index (κ3) is 3.97. The Bertz CT molecular complexity index is 1340. The predicted molar refractivity (Wildman–Crippen MR) is 124 cm³/mol. The number of phenolic OH excluding ortho intramolecular Hbond substituents is 1. The number of halogens is 1. The number of nitrogens with zero attached hydrogens (tertiary/aromatic N) is 2. The Kier molecular flexibility index (Phi) is 5.37. The van der Waals surface area contributed by atoms with Gasteiger partial charge in [0, 0.05) is 3.57 Å². The Morgan fingerprint density at radius 1 is 0.967 bits per heavy atom. The van der Waals surface area contributed by atoms with E-state index >= 15 is 0 Å². The van der Waals surface area contributed by atoms with Gasteiger partial charge < -0.3 is 10.2 Å². The lowest BCUT2D eigenvalue weighted by atomic mass is 10.1. The summed E-state index contributed by atoms with van der Waals surface area (Å²) in [7, 11) is 0. The first kappa shape index (κ1) is 19.8. The second-order valence-corrected chi connectivity index (χ2v) is 7.79. The van der Waals surface area contributed by atoms with E-state index in [0.717, 1.165) is 9.13 Å². The lowest BCUT2D eigenvalue weighted by molar-refractivity contribution is 0.0697. The molecule has 0 radical (unpaired) electrons. The number of aromatic carboxylic acids is 1. The van der Waals surface area contributed by atoms with Crippen molar-refractivity contribution >= 4 is 51.6 Å². The van der Waals surface area contributed by atoms with E-state index < -0.39 is 5.97 Å². The first-order valence-corrected chi connectivity index (χ1v) is 10.0. The first-order chi connectivity index (χ1) is 14.4. The fraction of sp³-hybridized carbons (Fsp3) is 0. The zero-order chi connectivity index (χ0) is 21.3. The average Bonchev–Trinajstić information content (AvgIpc) is 2.74. The average molecular weight is 510 g/mol. The van der Waals surface area contributed by atoms with E-state index in [1.165, 1.54) is 16.7 Å². The van der Waals surface area contributed by atoms with Crippen LogP contribution in [-0.4, -0.2) is 25.7 Å². The monoisotopic (exact) mass is 510 g/mol. The third-order valence-corrected chi connectivity index (χ3v) is 5.22. The maximum absolute atomic E-state index is 13.3. The van der Waals surface area contributed by atoms with Gasteiger partial charge in [0.15, 0.2) is 0 Å². The lowest BCUT2D eigenvalue weighted by Crippen LogP contribution is -2.22. The van der Waals surface area contributed by atoms with Crippen LogP contribution in [0, 0.1) is 3.57 Å². The number of carboxylic acid groups (broad SMARTS) is 1. The van der Waals surface area contributed by atoms with Gasteiger partial charge in [-0.05, 0) is 88.8 Å². The summed E-state index contributed by atoms with van der Waals surface area (Å²) >= 11 is 2.14. The number of carboxylic acids is 1. The smallest absolute Gasteiger partial charge is 0.335 e. The maximum Gasteiger partial charge on any atom is 0.335 e. The summed E-state index contributed by atoms with van der Waals surface area (Å²) in [6.07, 6.45) is 3.51. The van der Waals surface area contributed by atoms with Crippen LogP contribution < -0.4 is 5.56 Å². The van der Waals surface area contributed by atoms with Crippen molar-refractivity contribution in [1.29, 1.82) is 0 Å². The summed E-state index contributed by atoms with van der Waals surface area (Å²) in [6.45, 7) is 0. The Balaban J connectivity index is 1.92. The third-order valence-electron chi connectivity index (χ3n) is 4.55. The predicted octanol–water partition coefficient (Wildman–Crippen LogP) is 4.56. The van der Waals surface area contributed by atoms with Crippen molar-refractivity contribution in [2.24, 2.45) is 0 Å². The van der Waals surface area contributed by atoms with E-state index in [4.69, 9.17) is 5.11 Å². The number of fused-ring (bicyclic) bond motifs is 1. The zero-order valence-corrected chi connectivity index (χ0v) is 17.6. The zero-order valence-electron chi connectivity index (χ0n) is 15.5. The molecule has 1 heterocycles. The molecule has 0 aliphatic rings. The molecule has 3 aromatic carbocycles. The molecule has 0 unspecified atom stereocenters. The van der Waals surface area contributed by atoms with Gasteiger partial charge in [-0.1, -0.05) is 18.2 Å². The highest BCUT2D eigenvalue weighted by molar-refractivity contribution is 14.1. The minimum atomic E-state index is -1.03. The minimum absolute atomic E-state index is 0.135. The molecule has 0 aliphatic carbocycles. The van der Waals surface area contributed by atoms with Crippen LogP contribution >= 0.6 is 22.6 Å². The molecule has 30 heavy (non-hydrogen) atoms. The largest absolute Gasteiger partial charge is 0.508 e. The quantitative estimate of drug-likeness (QED) is 0.393. The molecular weight excluding hydrogens is 495 g/mol. The van der Waals surface area contributed by atoms with Gasteiger partial charge in [-0.25, -0.2) is 9.78 Å². The van der Waals surface area contributed by atoms with E-state index in [1.807, 2.05) is 6.07 Å². The van der Waals surface area contributed by atoms with Gasteiger partial charge >= 0.3 is 5.97 Å². The normalized spacial score (nSPS) is 11.2. The topological polar surface area (TPSA) is 92.4 Å². The van der Waals surface area contributed by atoms with Crippen LogP contribution in [0.3, 0.4) is 0 Å². The molecule has 148 valence electrons. The maximum atomic E-state index is 13.3. The highest BCUT2D eigenvalue weighted by Gasteiger charge is 2.12.